The second kappa shape index (κ2) is 8.49. The van der Waals surface area contributed by atoms with Crippen LogP contribution in [-0.4, -0.2) is 27.7 Å². The number of carboxylic acids is 1. The molecule has 0 aliphatic carbocycles. The van der Waals surface area contributed by atoms with Crippen LogP contribution in [0.1, 0.15) is 22.5 Å². The van der Waals surface area contributed by atoms with E-state index in [0.717, 1.165) is 5.56 Å². The van der Waals surface area contributed by atoms with Gasteiger partial charge in [0.2, 0.25) is 5.76 Å². The van der Waals surface area contributed by atoms with E-state index in [0.29, 0.717) is 12.8 Å². The van der Waals surface area contributed by atoms with Crippen molar-refractivity contribution >= 4 is 11.7 Å². The molecule has 2 aromatic rings. The molecule has 0 spiro atoms. The van der Waals surface area contributed by atoms with Gasteiger partial charge < -0.3 is 14.6 Å². The molecule has 2 rings (SSSR count). The van der Waals surface area contributed by atoms with Crippen LogP contribution in [-0.2, 0) is 6.42 Å². The molecule has 0 unspecified atom stereocenters. The second-order valence-corrected chi connectivity index (χ2v) is 4.04. The Labute approximate surface area is 120 Å². The van der Waals surface area contributed by atoms with Gasteiger partial charge in [-0.25, -0.2) is 4.79 Å². The van der Waals surface area contributed by atoms with Crippen molar-refractivity contribution in [1.29, 1.82) is 0 Å². The second-order valence-electron chi connectivity index (χ2n) is 4.04. The van der Waals surface area contributed by atoms with Crippen molar-refractivity contribution in [1.82, 2.24) is 0 Å². The van der Waals surface area contributed by atoms with Gasteiger partial charge in [-0.15, -0.1) is 0 Å². The highest BCUT2D eigenvalue weighted by Crippen LogP contribution is 2.13. The van der Waals surface area contributed by atoms with Gasteiger partial charge in [0, 0.05) is 18.7 Å². The Balaban J connectivity index is 0.000000235. The molecule has 1 aromatic carbocycles. The molecule has 0 aliphatic rings. The van der Waals surface area contributed by atoms with Crippen LogP contribution in [0.3, 0.4) is 0 Å². The van der Waals surface area contributed by atoms with E-state index in [1.165, 1.54) is 30.5 Å². The molecule has 0 bridgehead atoms. The van der Waals surface area contributed by atoms with E-state index >= 15 is 0 Å². The molecule has 7 heteroatoms. The average molecular weight is 293 g/mol. The molecule has 1 heterocycles. The summed E-state index contributed by atoms with van der Waals surface area (Å²) in [5, 5.41) is 27.1. The van der Waals surface area contributed by atoms with Crippen molar-refractivity contribution < 1.29 is 24.3 Å². The number of furan rings is 1. The standard InChI is InChI=1S/C9H11NO3.C5H4O3/c11-6-2-4-8-3-1-5-9(7-8)10(12)13;6-5(7)4-2-1-3-8-4/h1,3,5,7,11H,2,4,6H2;1-3H,(H,6,7). The molecule has 2 N–H and O–H groups in total. The van der Waals surface area contributed by atoms with E-state index in [-0.39, 0.29) is 18.1 Å². The Morgan fingerprint density at radius 2 is 2.05 bits per heavy atom. The minimum Gasteiger partial charge on any atom is -0.475 e. The van der Waals surface area contributed by atoms with Crippen molar-refractivity contribution in [2.75, 3.05) is 6.61 Å². The van der Waals surface area contributed by atoms with Crippen molar-refractivity contribution in [3.8, 4) is 0 Å². The fourth-order valence-corrected chi connectivity index (χ4v) is 1.51. The van der Waals surface area contributed by atoms with Crippen molar-refractivity contribution in [2.24, 2.45) is 0 Å². The highest BCUT2D eigenvalue weighted by molar-refractivity contribution is 5.84. The fraction of sp³-hybridized carbons (Fsp3) is 0.214. The summed E-state index contributed by atoms with van der Waals surface area (Å²) in [7, 11) is 0. The van der Waals surface area contributed by atoms with E-state index in [9.17, 15) is 14.9 Å². The van der Waals surface area contributed by atoms with Crippen LogP contribution in [0.4, 0.5) is 5.69 Å². The summed E-state index contributed by atoms with van der Waals surface area (Å²) >= 11 is 0. The topological polar surface area (TPSA) is 114 Å². The number of nitro groups is 1. The number of aromatic carboxylic acids is 1. The number of aryl methyl sites for hydroxylation is 1. The minimum atomic E-state index is -1.03. The van der Waals surface area contributed by atoms with E-state index < -0.39 is 10.9 Å². The smallest absolute Gasteiger partial charge is 0.371 e. The average Bonchev–Trinajstić information content (AvgIpc) is 3.00. The normalized spacial score (nSPS) is 9.57. The van der Waals surface area contributed by atoms with Gasteiger partial charge in [-0.1, -0.05) is 12.1 Å². The maximum Gasteiger partial charge on any atom is 0.371 e. The number of nitro benzene ring substituents is 1. The predicted octanol–water partition coefficient (Wildman–Crippen LogP) is 2.50. The lowest BCUT2D eigenvalue weighted by Gasteiger charge is -1.98. The molecule has 1 aromatic heterocycles. The number of nitrogens with zero attached hydrogens (tertiary/aromatic N) is 1. The Kier molecular flexibility index (Phi) is 6.62. The third-order valence-electron chi connectivity index (χ3n) is 2.48. The maximum atomic E-state index is 10.4. The number of aliphatic hydroxyl groups excluding tert-OH is 1. The molecule has 21 heavy (non-hydrogen) atoms. The Morgan fingerprint density at radius 3 is 2.52 bits per heavy atom. The van der Waals surface area contributed by atoms with Gasteiger partial charge >= 0.3 is 5.97 Å². The first-order valence-corrected chi connectivity index (χ1v) is 6.15. The van der Waals surface area contributed by atoms with Crippen LogP contribution < -0.4 is 0 Å². The molecule has 0 saturated carbocycles. The first-order chi connectivity index (χ1) is 10.0. The fourth-order valence-electron chi connectivity index (χ4n) is 1.51. The van der Waals surface area contributed by atoms with Gasteiger partial charge in [0.05, 0.1) is 11.2 Å². The molecule has 7 nitrogen and oxygen atoms in total. The van der Waals surface area contributed by atoms with Crippen LogP contribution in [0.15, 0.2) is 47.1 Å². The Bertz CT molecular complexity index is 579. The van der Waals surface area contributed by atoms with Crippen LogP contribution in [0, 0.1) is 10.1 Å². The SMILES string of the molecule is O=C(O)c1ccco1.O=[N+]([O-])c1cccc(CCCO)c1. The zero-order valence-corrected chi connectivity index (χ0v) is 11.1. The Morgan fingerprint density at radius 1 is 1.29 bits per heavy atom. The van der Waals surface area contributed by atoms with Crippen LogP contribution in [0.25, 0.3) is 0 Å². The zero-order valence-electron chi connectivity index (χ0n) is 11.1. The highest BCUT2D eigenvalue weighted by Gasteiger charge is 2.04. The predicted molar refractivity (Wildman–Crippen MR) is 74.2 cm³/mol. The lowest BCUT2D eigenvalue weighted by atomic mass is 10.1. The number of hydrogen-bond acceptors (Lipinski definition) is 5. The van der Waals surface area contributed by atoms with Gasteiger partial charge in [-0.05, 0) is 30.5 Å². The molecular weight excluding hydrogens is 278 g/mol. The molecular formula is C14H15NO6. The number of hydrogen-bond donors (Lipinski definition) is 2. The molecule has 0 atom stereocenters. The summed E-state index contributed by atoms with van der Waals surface area (Å²) in [5.74, 6) is -1.06. The molecule has 112 valence electrons. The van der Waals surface area contributed by atoms with Gasteiger partial charge in [0.1, 0.15) is 0 Å². The number of carboxylic acid groups (broad SMARTS) is 1. The number of aliphatic hydroxyl groups is 1. The van der Waals surface area contributed by atoms with E-state index in [2.05, 4.69) is 4.42 Å². The van der Waals surface area contributed by atoms with Crippen molar-refractivity contribution in [2.45, 2.75) is 12.8 Å². The van der Waals surface area contributed by atoms with Crippen LogP contribution in [0.5, 0.6) is 0 Å². The van der Waals surface area contributed by atoms with E-state index in [1.54, 1.807) is 6.07 Å². The third-order valence-corrected chi connectivity index (χ3v) is 2.48. The molecule has 0 amide bonds. The molecule has 0 saturated heterocycles. The summed E-state index contributed by atoms with van der Waals surface area (Å²) in [6.45, 7) is 0.114. The molecule has 0 aliphatic heterocycles. The lowest BCUT2D eigenvalue weighted by molar-refractivity contribution is -0.384. The van der Waals surface area contributed by atoms with Gasteiger partial charge in [0.25, 0.3) is 5.69 Å². The van der Waals surface area contributed by atoms with Crippen LogP contribution >= 0.6 is 0 Å². The number of rotatable bonds is 5. The summed E-state index contributed by atoms with van der Waals surface area (Å²) in [5.41, 5.74) is 0.999. The number of carbonyl (C=O) groups is 1. The van der Waals surface area contributed by atoms with Crippen molar-refractivity contribution in [3.63, 3.8) is 0 Å². The summed E-state index contributed by atoms with van der Waals surface area (Å²) in [6, 6.07) is 9.40. The summed E-state index contributed by atoms with van der Waals surface area (Å²) in [6.07, 6.45) is 2.64. The summed E-state index contributed by atoms with van der Waals surface area (Å²) < 4.78 is 4.50. The highest BCUT2D eigenvalue weighted by atomic mass is 16.6. The Hall–Kier alpha value is -2.67. The number of non-ortho nitro benzene ring substituents is 1. The monoisotopic (exact) mass is 293 g/mol. The quantitative estimate of drug-likeness (QED) is 0.646. The van der Waals surface area contributed by atoms with Crippen LogP contribution in [0.2, 0.25) is 0 Å². The first-order valence-electron chi connectivity index (χ1n) is 6.15. The van der Waals surface area contributed by atoms with E-state index in [1.807, 2.05) is 6.07 Å². The first kappa shape index (κ1) is 16.4. The number of benzene rings is 1. The van der Waals surface area contributed by atoms with Gasteiger partial charge in [-0.2, -0.15) is 0 Å². The molecule has 0 radical (unpaired) electrons. The third kappa shape index (κ3) is 5.87. The summed E-state index contributed by atoms with van der Waals surface area (Å²) in [4.78, 5) is 19.9. The largest absolute Gasteiger partial charge is 0.475 e. The lowest BCUT2D eigenvalue weighted by Crippen LogP contribution is -1.92. The molecule has 0 fully saturated rings. The zero-order chi connectivity index (χ0) is 15.7. The maximum absolute atomic E-state index is 10.4. The van der Waals surface area contributed by atoms with E-state index in [4.69, 9.17) is 10.2 Å². The van der Waals surface area contributed by atoms with Crippen molar-refractivity contribution in [3.05, 3.63) is 64.1 Å². The van der Waals surface area contributed by atoms with Gasteiger partial charge in [-0.3, -0.25) is 10.1 Å². The minimum absolute atomic E-state index is 0.0231. The van der Waals surface area contributed by atoms with Gasteiger partial charge in [0.15, 0.2) is 0 Å².